The summed E-state index contributed by atoms with van der Waals surface area (Å²) in [6.45, 7) is 7.63. The van der Waals surface area contributed by atoms with E-state index in [1.54, 1.807) is 0 Å². The highest BCUT2D eigenvalue weighted by atomic mass is 15.4. The predicted molar refractivity (Wildman–Crippen MR) is 91.4 cm³/mol. The molecule has 2 rings (SSSR count). The fourth-order valence-electron chi connectivity index (χ4n) is 3.10. The third kappa shape index (κ3) is 5.02. The molecule has 2 heterocycles. The van der Waals surface area contributed by atoms with Crippen molar-refractivity contribution in [1.82, 2.24) is 26.1 Å². The largest absolute Gasteiger partial charge is 0.315 e. The summed E-state index contributed by atoms with van der Waals surface area (Å²) in [6, 6.07) is 5.08. The summed E-state index contributed by atoms with van der Waals surface area (Å²) in [5.41, 5.74) is 7.92. The van der Waals surface area contributed by atoms with Crippen molar-refractivity contribution >= 4 is 0 Å². The number of likely N-dealkylation sites (N-methyl/N-ethyl adjacent to an activating group) is 1. The molecule has 0 radical (unpaired) electrons. The molecule has 1 saturated heterocycles. The Bertz CT molecular complexity index is 420. The van der Waals surface area contributed by atoms with Crippen LogP contribution in [-0.2, 0) is 0 Å². The van der Waals surface area contributed by atoms with E-state index in [-0.39, 0.29) is 0 Å². The van der Waals surface area contributed by atoms with Crippen molar-refractivity contribution in [2.75, 3.05) is 33.7 Å². The summed E-state index contributed by atoms with van der Waals surface area (Å²) in [5.74, 6) is 1.28. The number of hydrogen-bond donors (Lipinski definition) is 3. The fraction of sp³-hybridized carbons (Fsp3) is 0.706. The quantitative estimate of drug-likeness (QED) is 0.678. The van der Waals surface area contributed by atoms with Gasteiger partial charge in [0.1, 0.15) is 0 Å². The second-order valence-corrected chi connectivity index (χ2v) is 6.95. The van der Waals surface area contributed by atoms with E-state index in [0.29, 0.717) is 18.0 Å². The van der Waals surface area contributed by atoms with Crippen molar-refractivity contribution in [2.24, 2.45) is 11.8 Å². The summed E-state index contributed by atoms with van der Waals surface area (Å²) in [6.07, 6.45) is 5.01. The Morgan fingerprint density at radius 2 is 2.23 bits per heavy atom. The van der Waals surface area contributed by atoms with Crippen LogP contribution in [0.15, 0.2) is 24.5 Å². The lowest BCUT2D eigenvalue weighted by molar-refractivity contribution is 0.243. The van der Waals surface area contributed by atoms with E-state index in [2.05, 4.69) is 60.1 Å². The van der Waals surface area contributed by atoms with Gasteiger partial charge >= 0.3 is 0 Å². The lowest BCUT2D eigenvalue weighted by Gasteiger charge is -2.27. The van der Waals surface area contributed by atoms with E-state index in [9.17, 15) is 0 Å². The molecule has 3 atom stereocenters. The maximum Gasteiger partial charge on any atom is 0.0530 e. The molecule has 0 spiro atoms. The standard InChI is InChI=1S/C17H31N5/c1-13(2)8-16(22(3)4)12-19-10-15-11-20-21-17(15)14-6-5-7-18-9-14/h5-7,9,13,15-17,19-21H,8,10-12H2,1-4H3. The van der Waals surface area contributed by atoms with Crippen LogP contribution in [0.1, 0.15) is 31.9 Å². The molecule has 5 heteroatoms. The number of nitrogens with zero attached hydrogens (tertiary/aromatic N) is 2. The molecule has 3 unspecified atom stereocenters. The fourth-order valence-corrected chi connectivity index (χ4v) is 3.10. The van der Waals surface area contributed by atoms with Gasteiger partial charge in [-0.3, -0.25) is 10.4 Å². The van der Waals surface area contributed by atoms with Gasteiger partial charge in [-0.25, -0.2) is 5.43 Å². The molecule has 1 aliphatic rings. The summed E-state index contributed by atoms with van der Waals surface area (Å²) in [4.78, 5) is 6.56. The van der Waals surface area contributed by atoms with Crippen LogP contribution < -0.4 is 16.2 Å². The molecule has 1 aliphatic heterocycles. The van der Waals surface area contributed by atoms with Crippen LogP contribution in [-0.4, -0.2) is 49.7 Å². The second kappa shape index (κ2) is 8.58. The molecular weight excluding hydrogens is 274 g/mol. The third-order valence-corrected chi connectivity index (χ3v) is 4.40. The first-order valence-electron chi connectivity index (χ1n) is 8.33. The van der Waals surface area contributed by atoms with Crippen LogP contribution >= 0.6 is 0 Å². The number of aromatic nitrogens is 1. The Labute approximate surface area is 134 Å². The second-order valence-electron chi connectivity index (χ2n) is 6.95. The highest BCUT2D eigenvalue weighted by molar-refractivity contribution is 5.16. The van der Waals surface area contributed by atoms with Gasteiger partial charge in [0, 0.05) is 44.0 Å². The molecule has 0 aromatic carbocycles. The van der Waals surface area contributed by atoms with Gasteiger partial charge in [-0.15, -0.1) is 0 Å². The predicted octanol–water partition coefficient (Wildman–Crippen LogP) is 1.41. The number of nitrogens with one attached hydrogen (secondary N) is 3. The van der Waals surface area contributed by atoms with Gasteiger partial charge in [0.2, 0.25) is 0 Å². The minimum atomic E-state index is 0.337. The molecular formula is C17H31N5. The van der Waals surface area contributed by atoms with E-state index >= 15 is 0 Å². The van der Waals surface area contributed by atoms with E-state index in [4.69, 9.17) is 0 Å². The Hall–Kier alpha value is -1.01. The highest BCUT2D eigenvalue weighted by Crippen LogP contribution is 2.23. The number of hydrazine groups is 1. The minimum absolute atomic E-state index is 0.337. The molecule has 124 valence electrons. The van der Waals surface area contributed by atoms with Crippen molar-refractivity contribution < 1.29 is 0 Å². The summed E-state index contributed by atoms with van der Waals surface area (Å²) in [5, 5.41) is 3.67. The van der Waals surface area contributed by atoms with E-state index < -0.39 is 0 Å². The van der Waals surface area contributed by atoms with Crippen LogP contribution in [0.3, 0.4) is 0 Å². The monoisotopic (exact) mass is 305 g/mol. The summed E-state index contributed by atoms with van der Waals surface area (Å²) < 4.78 is 0. The van der Waals surface area contributed by atoms with Gasteiger partial charge in [0.25, 0.3) is 0 Å². The van der Waals surface area contributed by atoms with Crippen molar-refractivity contribution in [2.45, 2.75) is 32.4 Å². The zero-order chi connectivity index (χ0) is 15.9. The van der Waals surface area contributed by atoms with Crippen molar-refractivity contribution in [1.29, 1.82) is 0 Å². The first-order valence-corrected chi connectivity index (χ1v) is 8.33. The Kier molecular flexibility index (Phi) is 6.76. The number of hydrogen-bond acceptors (Lipinski definition) is 5. The summed E-state index contributed by atoms with van der Waals surface area (Å²) in [7, 11) is 4.34. The Morgan fingerprint density at radius 1 is 1.41 bits per heavy atom. The lowest BCUT2D eigenvalue weighted by Crippen LogP contribution is -2.41. The van der Waals surface area contributed by atoms with Crippen LogP contribution in [0.25, 0.3) is 0 Å². The molecule has 1 aromatic rings. The van der Waals surface area contributed by atoms with E-state index in [1.807, 2.05) is 18.5 Å². The molecule has 0 saturated carbocycles. The first kappa shape index (κ1) is 17.3. The number of pyridine rings is 1. The van der Waals surface area contributed by atoms with E-state index in [0.717, 1.165) is 25.6 Å². The zero-order valence-corrected chi connectivity index (χ0v) is 14.3. The van der Waals surface area contributed by atoms with Gasteiger partial charge in [-0.05, 0) is 38.1 Å². The van der Waals surface area contributed by atoms with Gasteiger partial charge in [-0.1, -0.05) is 19.9 Å². The van der Waals surface area contributed by atoms with Gasteiger partial charge in [0.15, 0.2) is 0 Å². The normalized spacial score (nSPS) is 23.4. The SMILES string of the molecule is CC(C)CC(CNCC1CNNC1c1cccnc1)N(C)C. The molecule has 0 aliphatic carbocycles. The molecule has 0 bridgehead atoms. The molecule has 1 fully saturated rings. The average Bonchev–Trinajstić information content (AvgIpc) is 2.95. The molecule has 5 nitrogen and oxygen atoms in total. The van der Waals surface area contributed by atoms with Gasteiger partial charge in [0.05, 0.1) is 6.04 Å². The van der Waals surface area contributed by atoms with Crippen LogP contribution in [0, 0.1) is 11.8 Å². The Morgan fingerprint density at radius 3 is 2.86 bits per heavy atom. The first-order chi connectivity index (χ1) is 10.6. The van der Waals surface area contributed by atoms with Crippen LogP contribution in [0.5, 0.6) is 0 Å². The molecule has 3 N–H and O–H groups in total. The van der Waals surface area contributed by atoms with Crippen molar-refractivity contribution in [3.8, 4) is 0 Å². The van der Waals surface area contributed by atoms with Crippen LogP contribution in [0.2, 0.25) is 0 Å². The average molecular weight is 305 g/mol. The Balaban J connectivity index is 1.82. The topological polar surface area (TPSA) is 52.2 Å². The minimum Gasteiger partial charge on any atom is -0.315 e. The molecule has 1 aromatic heterocycles. The highest BCUT2D eigenvalue weighted by Gasteiger charge is 2.28. The smallest absolute Gasteiger partial charge is 0.0530 e. The van der Waals surface area contributed by atoms with Gasteiger partial charge < -0.3 is 10.2 Å². The van der Waals surface area contributed by atoms with Gasteiger partial charge in [-0.2, -0.15) is 0 Å². The maximum atomic E-state index is 4.23. The van der Waals surface area contributed by atoms with Crippen molar-refractivity contribution in [3.05, 3.63) is 30.1 Å². The lowest BCUT2D eigenvalue weighted by atomic mass is 9.96. The van der Waals surface area contributed by atoms with E-state index in [1.165, 1.54) is 12.0 Å². The zero-order valence-electron chi connectivity index (χ0n) is 14.3. The van der Waals surface area contributed by atoms with Crippen LogP contribution in [0.4, 0.5) is 0 Å². The molecule has 22 heavy (non-hydrogen) atoms. The number of rotatable bonds is 8. The third-order valence-electron chi connectivity index (χ3n) is 4.40. The summed E-state index contributed by atoms with van der Waals surface area (Å²) >= 11 is 0. The maximum absolute atomic E-state index is 4.23. The van der Waals surface area contributed by atoms with Crippen molar-refractivity contribution in [3.63, 3.8) is 0 Å². The molecule has 0 amide bonds.